The lowest BCUT2D eigenvalue weighted by Crippen LogP contribution is -2.07. The molecule has 2 aromatic heterocycles. The highest BCUT2D eigenvalue weighted by atomic mass is 19.1. The van der Waals surface area contributed by atoms with Gasteiger partial charge in [0.25, 0.3) is 0 Å². The van der Waals surface area contributed by atoms with E-state index in [0.29, 0.717) is 23.2 Å². The van der Waals surface area contributed by atoms with Gasteiger partial charge in [-0.3, -0.25) is 4.68 Å². The van der Waals surface area contributed by atoms with Gasteiger partial charge in [-0.2, -0.15) is 5.10 Å². The molecule has 0 atom stereocenters. The predicted molar refractivity (Wildman–Crippen MR) is 97.3 cm³/mol. The smallest absolute Gasteiger partial charge is 0.340 e. The minimum atomic E-state index is -0.730. The third-order valence-corrected chi connectivity index (χ3v) is 4.41. The van der Waals surface area contributed by atoms with E-state index in [1.807, 2.05) is 10.9 Å². The lowest BCUT2D eigenvalue weighted by atomic mass is 10.0. The molecular weight excluding hydrogens is 349 g/mol. The highest BCUT2D eigenvalue weighted by Gasteiger charge is 2.24. The van der Waals surface area contributed by atoms with Crippen molar-refractivity contribution in [3.63, 3.8) is 0 Å². The van der Waals surface area contributed by atoms with Crippen LogP contribution in [0.5, 0.6) is 0 Å². The van der Waals surface area contributed by atoms with Crippen molar-refractivity contribution in [2.75, 3.05) is 12.4 Å². The van der Waals surface area contributed by atoms with Crippen molar-refractivity contribution in [1.29, 1.82) is 0 Å². The second kappa shape index (κ2) is 6.79. The SMILES string of the molecule is COC(=O)c1cccc(-c2nc(Nc3cnn(C4CC4)c3)ncc2C)c1F. The Hall–Kier alpha value is -3.29. The molecule has 27 heavy (non-hydrogen) atoms. The number of carbonyl (C=O) groups excluding carboxylic acids is 1. The normalized spacial score (nSPS) is 13.4. The third kappa shape index (κ3) is 3.38. The summed E-state index contributed by atoms with van der Waals surface area (Å²) in [6.45, 7) is 1.79. The average molecular weight is 367 g/mol. The van der Waals surface area contributed by atoms with Crippen molar-refractivity contribution in [3.8, 4) is 11.3 Å². The summed E-state index contributed by atoms with van der Waals surface area (Å²) < 4.78 is 21.4. The molecule has 8 heteroatoms. The number of aromatic nitrogens is 4. The summed E-state index contributed by atoms with van der Waals surface area (Å²) in [5.41, 5.74) is 1.95. The molecule has 1 fully saturated rings. The minimum Gasteiger partial charge on any atom is -0.465 e. The van der Waals surface area contributed by atoms with Crippen LogP contribution in [0.15, 0.2) is 36.8 Å². The Labute approximate surface area is 155 Å². The third-order valence-electron chi connectivity index (χ3n) is 4.41. The Morgan fingerprint density at radius 3 is 2.89 bits per heavy atom. The number of halogens is 1. The van der Waals surface area contributed by atoms with Crippen LogP contribution in [0.1, 0.15) is 34.8 Å². The number of esters is 1. The lowest BCUT2D eigenvalue weighted by molar-refractivity contribution is 0.0595. The summed E-state index contributed by atoms with van der Waals surface area (Å²) in [6.07, 6.45) is 7.50. The van der Waals surface area contributed by atoms with E-state index in [9.17, 15) is 9.18 Å². The molecule has 0 unspecified atom stereocenters. The Morgan fingerprint density at radius 2 is 2.15 bits per heavy atom. The Morgan fingerprint density at radius 1 is 1.33 bits per heavy atom. The van der Waals surface area contributed by atoms with E-state index in [1.54, 1.807) is 31.5 Å². The van der Waals surface area contributed by atoms with Gasteiger partial charge in [-0.25, -0.2) is 19.2 Å². The zero-order chi connectivity index (χ0) is 19.0. The van der Waals surface area contributed by atoms with Gasteiger partial charge >= 0.3 is 5.97 Å². The van der Waals surface area contributed by atoms with Gasteiger partial charge in [0.1, 0.15) is 5.82 Å². The standard InChI is InChI=1S/C19H18FN5O2/c1-11-8-21-19(23-12-9-22-25(10-12)13-6-7-13)24-17(11)14-4-3-5-15(16(14)20)18(26)27-2/h3-5,8-10,13H,6-7H2,1-2H3,(H,21,23,24). The maximum atomic E-state index is 14.8. The molecule has 1 aliphatic carbocycles. The van der Waals surface area contributed by atoms with Gasteiger partial charge in [0.2, 0.25) is 5.95 Å². The second-order valence-corrected chi connectivity index (χ2v) is 6.45. The van der Waals surface area contributed by atoms with Gasteiger partial charge in [0.05, 0.1) is 36.3 Å². The molecule has 7 nitrogen and oxygen atoms in total. The first-order chi connectivity index (χ1) is 13.1. The van der Waals surface area contributed by atoms with Crippen molar-refractivity contribution in [3.05, 3.63) is 53.7 Å². The molecule has 1 saturated carbocycles. The van der Waals surface area contributed by atoms with E-state index in [2.05, 4.69) is 25.1 Å². The van der Waals surface area contributed by atoms with Crippen LogP contribution in [0, 0.1) is 12.7 Å². The molecule has 0 radical (unpaired) electrons. The lowest BCUT2D eigenvalue weighted by Gasteiger charge is -2.10. The summed E-state index contributed by atoms with van der Waals surface area (Å²) in [4.78, 5) is 20.5. The predicted octanol–water partition coefficient (Wildman–Crippen LogP) is 3.65. The van der Waals surface area contributed by atoms with E-state index < -0.39 is 11.8 Å². The van der Waals surface area contributed by atoms with Crippen molar-refractivity contribution < 1.29 is 13.9 Å². The molecule has 0 amide bonds. The number of nitrogens with one attached hydrogen (secondary N) is 1. The largest absolute Gasteiger partial charge is 0.465 e. The van der Waals surface area contributed by atoms with Crippen molar-refractivity contribution in [1.82, 2.24) is 19.7 Å². The number of methoxy groups -OCH3 is 1. The van der Waals surface area contributed by atoms with Gasteiger partial charge in [-0.05, 0) is 37.5 Å². The van der Waals surface area contributed by atoms with Crippen molar-refractivity contribution in [2.24, 2.45) is 0 Å². The second-order valence-electron chi connectivity index (χ2n) is 6.45. The van der Waals surface area contributed by atoms with Crippen molar-refractivity contribution >= 4 is 17.6 Å². The molecule has 3 aromatic rings. The van der Waals surface area contributed by atoms with Gasteiger partial charge in [-0.1, -0.05) is 6.07 Å². The Kier molecular flexibility index (Phi) is 4.31. The molecule has 2 heterocycles. The topological polar surface area (TPSA) is 81.9 Å². The minimum absolute atomic E-state index is 0.131. The number of hydrogen-bond acceptors (Lipinski definition) is 6. The van der Waals surface area contributed by atoms with Crippen LogP contribution in [-0.4, -0.2) is 32.8 Å². The molecule has 0 aliphatic heterocycles. The first-order valence-corrected chi connectivity index (χ1v) is 8.59. The number of aryl methyl sites for hydroxylation is 1. The van der Waals surface area contributed by atoms with Crippen LogP contribution in [0.4, 0.5) is 16.0 Å². The first kappa shape index (κ1) is 17.1. The fourth-order valence-corrected chi connectivity index (χ4v) is 2.83. The zero-order valence-electron chi connectivity index (χ0n) is 14.9. The fraction of sp³-hybridized carbons (Fsp3) is 0.263. The maximum absolute atomic E-state index is 14.8. The van der Waals surface area contributed by atoms with Crippen molar-refractivity contribution in [2.45, 2.75) is 25.8 Å². The molecule has 1 N–H and O–H groups in total. The van der Waals surface area contributed by atoms with Gasteiger partial charge in [-0.15, -0.1) is 0 Å². The summed E-state index contributed by atoms with van der Waals surface area (Å²) in [5, 5.41) is 7.41. The van der Waals surface area contributed by atoms with Crippen LogP contribution < -0.4 is 5.32 Å². The molecule has 138 valence electrons. The Balaban J connectivity index is 1.67. The van der Waals surface area contributed by atoms with E-state index in [1.165, 1.54) is 13.2 Å². The van der Waals surface area contributed by atoms with Crippen LogP contribution in [-0.2, 0) is 4.74 Å². The molecule has 1 aromatic carbocycles. The molecular formula is C19H18FN5O2. The number of ether oxygens (including phenoxy) is 1. The number of rotatable bonds is 5. The van der Waals surface area contributed by atoms with Crippen LogP contribution in [0.25, 0.3) is 11.3 Å². The molecule has 4 rings (SSSR count). The van der Waals surface area contributed by atoms with E-state index in [-0.39, 0.29) is 11.1 Å². The quantitative estimate of drug-likeness (QED) is 0.693. The van der Waals surface area contributed by atoms with Gasteiger partial charge < -0.3 is 10.1 Å². The number of anilines is 2. The van der Waals surface area contributed by atoms with Crippen LogP contribution >= 0.6 is 0 Å². The molecule has 0 bridgehead atoms. The van der Waals surface area contributed by atoms with Crippen LogP contribution in [0.3, 0.4) is 0 Å². The monoisotopic (exact) mass is 367 g/mol. The summed E-state index contributed by atoms with van der Waals surface area (Å²) in [6, 6.07) is 5.03. The highest BCUT2D eigenvalue weighted by molar-refractivity contribution is 5.91. The zero-order valence-corrected chi connectivity index (χ0v) is 14.9. The summed E-state index contributed by atoms with van der Waals surface area (Å²) >= 11 is 0. The maximum Gasteiger partial charge on any atom is 0.340 e. The van der Waals surface area contributed by atoms with Gasteiger partial charge in [0.15, 0.2) is 0 Å². The Bertz CT molecular complexity index is 1010. The summed E-state index contributed by atoms with van der Waals surface area (Å²) in [7, 11) is 1.22. The molecule has 1 aliphatic rings. The van der Waals surface area contributed by atoms with E-state index in [0.717, 1.165) is 18.5 Å². The highest BCUT2D eigenvalue weighted by Crippen LogP contribution is 2.35. The molecule has 0 saturated heterocycles. The van der Waals surface area contributed by atoms with Gasteiger partial charge in [0, 0.05) is 18.0 Å². The fourth-order valence-electron chi connectivity index (χ4n) is 2.83. The average Bonchev–Trinajstić information content (AvgIpc) is 3.42. The van der Waals surface area contributed by atoms with E-state index in [4.69, 9.17) is 0 Å². The summed E-state index contributed by atoms with van der Waals surface area (Å²) in [5.74, 6) is -1.07. The number of hydrogen-bond donors (Lipinski definition) is 1. The molecule has 0 spiro atoms. The van der Waals surface area contributed by atoms with E-state index >= 15 is 0 Å². The number of nitrogens with zero attached hydrogens (tertiary/aromatic N) is 4. The van der Waals surface area contributed by atoms with Crippen LogP contribution in [0.2, 0.25) is 0 Å². The first-order valence-electron chi connectivity index (χ1n) is 8.59. The number of carbonyl (C=O) groups is 1. The number of benzene rings is 1.